The summed E-state index contributed by atoms with van der Waals surface area (Å²) in [5.41, 5.74) is 0.153. The molecule has 1 amide bonds. The molecule has 0 bridgehead atoms. The third-order valence-corrected chi connectivity index (χ3v) is 5.74. The topological polar surface area (TPSA) is 113 Å². The highest BCUT2D eigenvalue weighted by molar-refractivity contribution is 7.90. The standard InChI is InChI=1S/C15H20N4O5S/c1-25(23,24)12-2-3-13(14(8-12)19(21)22)17-4-6-18(7-5-17)15(20)11-9-16-10-11/h2-3,8,11,16H,4-7,9-10H2,1H3. The number of hydrogen-bond acceptors (Lipinski definition) is 7. The Labute approximate surface area is 145 Å². The highest BCUT2D eigenvalue weighted by atomic mass is 32.2. The van der Waals surface area contributed by atoms with Crippen molar-refractivity contribution in [2.45, 2.75) is 4.90 Å². The summed E-state index contributed by atoms with van der Waals surface area (Å²) in [7, 11) is -3.51. The molecule has 2 aliphatic rings. The number of nitro benzene ring substituents is 1. The number of nitrogens with one attached hydrogen (secondary N) is 1. The van der Waals surface area contributed by atoms with Crippen LogP contribution in [0.25, 0.3) is 0 Å². The first kappa shape index (κ1) is 17.6. The van der Waals surface area contributed by atoms with Crippen LogP contribution in [0, 0.1) is 16.0 Å². The molecule has 136 valence electrons. The molecule has 3 rings (SSSR count). The number of carbonyl (C=O) groups is 1. The van der Waals surface area contributed by atoms with Gasteiger partial charge < -0.3 is 15.1 Å². The summed E-state index contributed by atoms with van der Waals surface area (Å²) in [6.07, 6.45) is 1.02. The molecule has 0 aliphatic carbocycles. The lowest BCUT2D eigenvalue weighted by atomic mass is 10.0. The Morgan fingerprint density at radius 3 is 2.36 bits per heavy atom. The molecular formula is C15H20N4O5S. The summed E-state index contributed by atoms with van der Waals surface area (Å²) in [5.74, 6) is 0.162. The third kappa shape index (κ3) is 3.59. The van der Waals surface area contributed by atoms with Gasteiger partial charge in [0.05, 0.1) is 15.7 Å². The van der Waals surface area contributed by atoms with E-state index in [-0.39, 0.29) is 22.4 Å². The first-order valence-electron chi connectivity index (χ1n) is 8.00. The first-order chi connectivity index (χ1) is 11.8. The van der Waals surface area contributed by atoms with Gasteiger partial charge in [-0.1, -0.05) is 0 Å². The van der Waals surface area contributed by atoms with E-state index < -0.39 is 14.8 Å². The van der Waals surface area contributed by atoms with E-state index in [1.54, 1.807) is 4.90 Å². The fourth-order valence-corrected chi connectivity index (χ4v) is 3.68. The molecule has 0 spiro atoms. The highest BCUT2D eigenvalue weighted by Gasteiger charge is 2.32. The molecule has 0 aromatic heterocycles. The average Bonchev–Trinajstić information content (AvgIpc) is 2.52. The molecule has 2 saturated heterocycles. The van der Waals surface area contributed by atoms with E-state index >= 15 is 0 Å². The summed E-state index contributed by atoms with van der Waals surface area (Å²) in [4.78, 5) is 26.6. The summed E-state index contributed by atoms with van der Waals surface area (Å²) in [6.45, 7) is 3.37. The Hall–Kier alpha value is -2.20. The van der Waals surface area contributed by atoms with Crippen LogP contribution in [0.3, 0.4) is 0 Å². The number of benzene rings is 1. The van der Waals surface area contributed by atoms with Gasteiger partial charge in [-0.2, -0.15) is 0 Å². The maximum Gasteiger partial charge on any atom is 0.293 e. The van der Waals surface area contributed by atoms with Crippen LogP contribution in [-0.2, 0) is 14.6 Å². The largest absolute Gasteiger partial charge is 0.362 e. The van der Waals surface area contributed by atoms with Gasteiger partial charge >= 0.3 is 0 Å². The quantitative estimate of drug-likeness (QED) is 0.582. The van der Waals surface area contributed by atoms with E-state index in [0.29, 0.717) is 45.0 Å². The molecule has 0 radical (unpaired) electrons. The summed E-state index contributed by atoms with van der Waals surface area (Å²) in [6, 6.07) is 3.96. The minimum absolute atomic E-state index is 0.0370. The third-order valence-electron chi connectivity index (χ3n) is 4.63. The predicted molar refractivity (Wildman–Crippen MR) is 91.4 cm³/mol. The smallest absolute Gasteiger partial charge is 0.293 e. The zero-order chi connectivity index (χ0) is 18.2. The van der Waals surface area contributed by atoms with Gasteiger partial charge in [-0.15, -0.1) is 0 Å². The van der Waals surface area contributed by atoms with Gasteiger partial charge in [0.1, 0.15) is 5.69 Å². The Bertz CT molecular complexity index is 798. The highest BCUT2D eigenvalue weighted by Crippen LogP contribution is 2.31. The molecule has 1 aromatic rings. The van der Waals surface area contributed by atoms with E-state index in [0.717, 1.165) is 12.3 Å². The van der Waals surface area contributed by atoms with Crippen molar-refractivity contribution < 1.29 is 18.1 Å². The van der Waals surface area contributed by atoms with E-state index in [1.807, 2.05) is 4.90 Å². The first-order valence-corrected chi connectivity index (χ1v) is 9.89. The van der Waals surface area contributed by atoms with Crippen molar-refractivity contribution in [2.24, 2.45) is 5.92 Å². The minimum atomic E-state index is -3.51. The Morgan fingerprint density at radius 1 is 1.24 bits per heavy atom. The van der Waals surface area contributed by atoms with Crippen molar-refractivity contribution in [2.75, 3.05) is 50.4 Å². The van der Waals surface area contributed by atoms with Gasteiger partial charge in [0.15, 0.2) is 9.84 Å². The monoisotopic (exact) mass is 368 g/mol. The fraction of sp³-hybridized carbons (Fsp3) is 0.533. The number of rotatable bonds is 4. The fourth-order valence-electron chi connectivity index (χ4n) is 3.04. The van der Waals surface area contributed by atoms with E-state index in [4.69, 9.17) is 0 Å². The van der Waals surface area contributed by atoms with E-state index in [9.17, 15) is 23.3 Å². The van der Waals surface area contributed by atoms with Crippen molar-refractivity contribution in [3.8, 4) is 0 Å². The SMILES string of the molecule is CS(=O)(=O)c1ccc(N2CCN(C(=O)C3CNC3)CC2)c([N+](=O)[O-])c1. The molecule has 10 heteroatoms. The number of carbonyl (C=O) groups excluding carboxylic acids is 1. The van der Waals surface area contributed by atoms with Crippen LogP contribution in [0.1, 0.15) is 0 Å². The number of anilines is 1. The second-order valence-electron chi connectivity index (χ2n) is 6.35. The summed E-state index contributed by atoms with van der Waals surface area (Å²) in [5, 5.41) is 14.4. The van der Waals surface area contributed by atoms with Gasteiger partial charge in [0.2, 0.25) is 5.91 Å². The number of nitro groups is 1. The predicted octanol–water partition coefficient (Wildman–Crippen LogP) is -0.134. The van der Waals surface area contributed by atoms with Crippen LogP contribution < -0.4 is 10.2 Å². The Kier molecular flexibility index (Phi) is 4.65. The van der Waals surface area contributed by atoms with Crippen LogP contribution in [0.2, 0.25) is 0 Å². The second-order valence-corrected chi connectivity index (χ2v) is 8.36. The lowest BCUT2D eigenvalue weighted by molar-refractivity contribution is -0.384. The molecule has 1 N–H and O–H groups in total. The maximum atomic E-state index is 12.2. The second kappa shape index (κ2) is 6.60. The molecule has 25 heavy (non-hydrogen) atoms. The molecule has 0 atom stereocenters. The summed E-state index contributed by atoms with van der Waals surface area (Å²) < 4.78 is 23.3. The van der Waals surface area contributed by atoms with Crippen molar-refractivity contribution >= 4 is 27.1 Å². The van der Waals surface area contributed by atoms with Crippen LogP contribution in [0.15, 0.2) is 23.1 Å². The van der Waals surface area contributed by atoms with Crippen LogP contribution >= 0.6 is 0 Å². The minimum Gasteiger partial charge on any atom is -0.362 e. The number of sulfone groups is 1. The number of piperazine rings is 1. The lowest BCUT2D eigenvalue weighted by Gasteiger charge is -2.39. The molecule has 2 aliphatic heterocycles. The van der Waals surface area contributed by atoms with Gasteiger partial charge in [-0.3, -0.25) is 14.9 Å². The molecule has 0 unspecified atom stereocenters. The molecular weight excluding hydrogens is 348 g/mol. The normalized spacial score (nSPS) is 18.8. The number of amides is 1. The molecule has 0 saturated carbocycles. The van der Waals surface area contributed by atoms with Gasteiger partial charge in [0.25, 0.3) is 5.69 Å². The lowest BCUT2D eigenvalue weighted by Crippen LogP contribution is -2.56. The van der Waals surface area contributed by atoms with E-state index in [2.05, 4.69) is 5.32 Å². The average molecular weight is 368 g/mol. The Morgan fingerprint density at radius 2 is 1.88 bits per heavy atom. The van der Waals surface area contributed by atoms with Gasteiger partial charge in [0, 0.05) is 51.6 Å². The van der Waals surface area contributed by atoms with Crippen LogP contribution in [0.5, 0.6) is 0 Å². The Balaban J connectivity index is 1.76. The van der Waals surface area contributed by atoms with Gasteiger partial charge in [-0.05, 0) is 12.1 Å². The zero-order valence-corrected chi connectivity index (χ0v) is 14.7. The van der Waals surface area contributed by atoms with Crippen LogP contribution in [-0.4, -0.2) is 69.7 Å². The molecule has 9 nitrogen and oxygen atoms in total. The van der Waals surface area contributed by atoms with Crippen LogP contribution in [0.4, 0.5) is 11.4 Å². The van der Waals surface area contributed by atoms with Crippen molar-refractivity contribution in [3.63, 3.8) is 0 Å². The molecule has 2 fully saturated rings. The van der Waals surface area contributed by atoms with Crippen molar-refractivity contribution in [1.29, 1.82) is 0 Å². The zero-order valence-electron chi connectivity index (χ0n) is 13.8. The van der Waals surface area contributed by atoms with Crippen molar-refractivity contribution in [3.05, 3.63) is 28.3 Å². The van der Waals surface area contributed by atoms with E-state index in [1.165, 1.54) is 12.1 Å². The number of nitrogens with zero attached hydrogens (tertiary/aromatic N) is 3. The molecule has 1 aromatic carbocycles. The maximum absolute atomic E-state index is 12.2. The van der Waals surface area contributed by atoms with Gasteiger partial charge in [-0.25, -0.2) is 8.42 Å². The summed E-state index contributed by atoms with van der Waals surface area (Å²) >= 11 is 0. The molecule has 2 heterocycles. The number of hydrogen-bond donors (Lipinski definition) is 1. The van der Waals surface area contributed by atoms with Crippen molar-refractivity contribution in [1.82, 2.24) is 10.2 Å².